The van der Waals surface area contributed by atoms with Crippen molar-refractivity contribution in [3.8, 4) is 0 Å². The average Bonchev–Trinajstić information content (AvgIpc) is 2.20. The highest BCUT2D eigenvalue weighted by atomic mass is 16.3. The van der Waals surface area contributed by atoms with Gasteiger partial charge in [-0.15, -0.1) is 0 Å². The Balaban J connectivity index is 3.07. The molecule has 1 aromatic rings. The van der Waals surface area contributed by atoms with E-state index >= 15 is 0 Å². The summed E-state index contributed by atoms with van der Waals surface area (Å²) in [7, 11) is 0. The molecule has 0 fully saturated rings. The van der Waals surface area contributed by atoms with E-state index in [2.05, 4.69) is 38.2 Å². The molecule has 2 N–H and O–H groups in total. The average molecular weight is 221 g/mol. The summed E-state index contributed by atoms with van der Waals surface area (Å²) in [4.78, 5) is 0. The first-order chi connectivity index (χ1) is 7.38. The van der Waals surface area contributed by atoms with Crippen molar-refractivity contribution in [3.63, 3.8) is 0 Å². The van der Waals surface area contributed by atoms with Crippen LogP contribution in [0.1, 0.15) is 36.1 Å². The lowest BCUT2D eigenvalue weighted by molar-refractivity contribution is 0.0569. The lowest BCUT2D eigenvalue weighted by Gasteiger charge is -2.27. The molecular weight excluding hydrogens is 198 g/mol. The minimum Gasteiger partial charge on any atom is -0.384 e. The number of nitrogens with one attached hydrogen (secondary N) is 1. The van der Waals surface area contributed by atoms with Crippen molar-refractivity contribution >= 4 is 0 Å². The van der Waals surface area contributed by atoms with Gasteiger partial charge in [-0.05, 0) is 56.5 Å². The molecule has 0 radical (unpaired) electrons. The first-order valence-corrected chi connectivity index (χ1v) is 5.90. The molecule has 0 aliphatic carbocycles. The van der Waals surface area contributed by atoms with Crippen molar-refractivity contribution in [1.82, 2.24) is 5.32 Å². The molecule has 0 heterocycles. The van der Waals surface area contributed by atoms with E-state index in [9.17, 15) is 5.11 Å². The van der Waals surface area contributed by atoms with Gasteiger partial charge in [0.1, 0.15) is 0 Å². The molecule has 1 aromatic carbocycles. The zero-order valence-electron chi connectivity index (χ0n) is 11.0. The van der Waals surface area contributed by atoms with Crippen molar-refractivity contribution in [3.05, 3.63) is 34.4 Å². The summed E-state index contributed by atoms with van der Waals surface area (Å²) in [6.07, 6.45) is 0. The fraction of sp³-hybridized carbons (Fsp3) is 0.571. The molecule has 1 rings (SSSR count). The van der Waals surface area contributed by atoms with Gasteiger partial charge in [-0.3, -0.25) is 0 Å². The highest BCUT2D eigenvalue weighted by Crippen LogP contribution is 2.26. The second-order valence-electron chi connectivity index (χ2n) is 4.81. The topological polar surface area (TPSA) is 32.3 Å². The van der Waals surface area contributed by atoms with Gasteiger partial charge in [0.15, 0.2) is 0 Å². The van der Waals surface area contributed by atoms with Crippen LogP contribution in [0.5, 0.6) is 0 Å². The van der Waals surface area contributed by atoms with Gasteiger partial charge in [-0.25, -0.2) is 0 Å². The molecule has 0 amide bonds. The van der Waals surface area contributed by atoms with Gasteiger partial charge in [0.05, 0.1) is 5.60 Å². The van der Waals surface area contributed by atoms with Gasteiger partial charge in [-0.2, -0.15) is 0 Å². The molecule has 2 heteroatoms. The molecule has 0 aromatic heterocycles. The molecule has 0 saturated heterocycles. The number of hydrogen-bond acceptors (Lipinski definition) is 2. The van der Waals surface area contributed by atoms with E-state index in [1.165, 1.54) is 11.1 Å². The second kappa shape index (κ2) is 4.98. The van der Waals surface area contributed by atoms with E-state index in [0.717, 1.165) is 17.7 Å². The first-order valence-electron chi connectivity index (χ1n) is 5.90. The molecule has 0 aliphatic heterocycles. The Kier molecular flexibility index (Phi) is 4.11. The Morgan fingerprint density at radius 3 is 2.25 bits per heavy atom. The van der Waals surface area contributed by atoms with E-state index in [4.69, 9.17) is 0 Å². The molecule has 0 spiro atoms. The van der Waals surface area contributed by atoms with Crippen molar-refractivity contribution in [2.24, 2.45) is 0 Å². The van der Waals surface area contributed by atoms with Crippen LogP contribution in [-0.2, 0) is 5.60 Å². The Morgan fingerprint density at radius 2 is 1.69 bits per heavy atom. The summed E-state index contributed by atoms with van der Waals surface area (Å²) in [6, 6.07) is 4.24. The minimum absolute atomic E-state index is 0.590. The van der Waals surface area contributed by atoms with Gasteiger partial charge in [0, 0.05) is 6.54 Å². The predicted octanol–water partition coefficient (Wildman–Crippen LogP) is 2.43. The second-order valence-corrected chi connectivity index (χ2v) is 4.81. The van der Waals surface area contributed by atoms with E-state index < -0.39 is 5.60 Å². The largest absolute Gasteiger partial charge is 0.384 e. The van der Waals surface area contributed by atoms with Crippen LogP contribution >= 0.6 is 0 Å². The normalized spacial score (nSPS) is 14.9. The van der Waals surface area contributed by atoms with E-state index in [1.807, 2.05) is 13.8 Å². The van der Waals surface area contributed by atoms with Gasteiger partial charge < -0.3 is 10.4 Å². The van der Waals surface area contributed by atoms with Crippen LogP contribution in [-0.4, -0.2) is 18.2 Å². The molecule has 1 unspecified atom stereocenters. The number of aryl methyl sites for hydroxylation is 3. The monoisotopic (exact) mass is 221 g/mol. The van der Waals surface area contributed by atoms with Crippen LogP contribution in [0, 0.1) is 20.8 Å². The number of aliphatic hydroxyl groups is 1. The van der Waals surface area contributed by atoms with Crippen LogP contribution < -0.4 is 5.32 Å². The fourth-order valence-electron chi connectivity index (χ4n) is 2.00. The molecule has 16 heavy (non-hydrogen) atoms. The maximum atomic E-state index is 10.5. The van der Waals surface area contributed by atoms with E-state index in [1.54, 1.807) is 0 Å². The SMILES string of the molecule is CCNCC(C)(O)c1cc(C)c(C)cc1C. The van der Waals surface area contributed by atoms with Crippen molar-refractivity contribution in [1.29, 1.82) is 0 Å². The summed E-state index contributed by atoms with van der Waals surface area (Å²) in [6.45, 7) is 11.6. The van der Waals surface area contributed by atoms with E-state index in [0.29, 0.717) is 6.54 Å². The third-order valence-electron chi connectivity index (χ3n) is 3.14. The molecule has 0 saturated carbocycles. The molecule has 1 atom stereocenters. The number of likely N-dealkylation sites (N-methyl/N-ethyl adjacent to an activating group) is 1. The maximum Gasteiger partial charge on any atom is 0.0994 e. The standard InChI is InChI=1S/C14H23NO/c1-6-15-9-14(5,16)13-8-11(3)10(2)7-12(13)4/h7-8,15-16H,6,9H2,1-5H3. The van der Waals surface area contributed by atoms with Gasteiger partial charge in [0.25, 0.3) is 0 Å². The zero-order chi connectivity index (χ0) is 12.3. The van der Waals surface area contributed by atoms with Crippen LogP contribution in [0.25, 0.3) is 0 Å². The fourth-order valence-corrected chi connectivity index (χ4v) is 2.00. The number of benzene rings is 1. The predicted molar refractivity (Wildman–Crippen MR) is 68.8 cm³/mol. The Bertz CT molecular complexity index is 369. The van der Waals surface area contributed by atoms with Crippen LogP contribution in [0.4, 0.5) is 0 Å². The van der Waals surface area contributed by atoms with Crippen molar-refractivity contribution in [2.45, 2.75) is 40.2 Å². The van der Waals surface area contributed by atoms with Gasteiger partial charge >= 0.3 is 0 Å². The summed E-state index contributed by atoms with van der Waals surface area (Å²) in [5, 5.41) is 13.6. The lowest BCUT2D eigenvalue weighted by Crippen LogP contribution is -2.36. The van der Waals surface area contributed by atoms with Gasteiger partial charge in [-0.1, -0.05) is 19.1 Å². The van der Waals surface area contributed by atoms with Crippen LogP contribution in [0.15, 0.2) is 12.1 Å². The molecule has 90 valence electrons. The number of rotatable bonds is 4. The minimum atomic E-state index is -0.793. The summed E-state index contributed by atoms with van der Waals surface area (Å²) < 4.78 is 0. The lowest BCUT2D eigenvalue weighted by atomic mass is 9.89. The quantitative estimate of drug-likeness (QED) is 0.818. The third kappa shape index (κ3) is 2.83. The summed E-state index contributed by atoms with van der Waals surface area (Å²) >= 11 is 0. The van der Waals surface area contributed by atoms with Gasteiger partial charge in [0.2, 0.25) is 0 Å². The van der Waals surface area contributed by atoms with Crippen LogP contribution in [0.2, 0.25) is 0 Å². The van der Waals surface area contributed by atoms with Crippen molar-refractivity contribution < 1.29 is 5.11 Å². The van der Waals surface area contributed by atoms with E-state index in [-0.39, 0.29) is 0 Å². The molecular formula is C14H23NO. The summed E-state index contributed by atoms with van der Waals surface area (Å²) in [5.74, 6) is 0. The highest BCUT2D eigenvalue weighted by Gasteiger charge is 2.24. The van der Waals surface area contributed by atoms with Crippen LogP contribution in [0.3, 0.4) is 0 Å². The highest BCUT2D eigenvalue weighted by molar-refractivity contribution is 5.39. The smallest absolute Gasteiger partial charge is 0.0994 e. The maximum absolute atomic E-state index is 10.5. The zero-order valence-corrected chi connectivity index (χ0v) is 11.0. The Labute approximate surface area is 98.7 Å². The van der Waals surface area contributed by atoms with Crippen molar-refractivity contribution in [2.75, 3.05) is 13.1 Å². The number of hydrogen-bond donors (Lipinski definition) is 2. The third-order valence-corrected chi connectivity index (χ3v) is 3.14. The molecule has 2 nitrogen and oxygen atoms in total. The molecule has 0 aliphatic rings. The summed E-state index contributed by atoms with van der Waals surface area (Å²) in [5.41, 5.74) is 3.90. The first kappa shape index (κ1) is 13.2. The Hall–Kier alpha value is -0.860. The molecule has 0 bridgehead atoms. The Morgan fingerprint density at radius 1 is 1.12 bits per heavy atom.